The molecule has 1 fully saturated rings. The number of aliphatic hydroxyl groups excluding tert-OH is 1. The van der Waals surface area contributed by atoms with Crippen LogP contribution in [-0.2, 0) is 16.0 Å². The summed E-state index contributed by atoms with van der Waals surface area (Å²) in [5.74, 6) is 0.942. The Morgan fingerprint density at radius 3 is 2.51 bits per heavy atom. The molecule has 35 heavy (non-hydrogen) atoms. The number of benzene rings is 1. The quantitative estimate of drug-likeness (QED) is 0.595. The van der Waals surface area contributed by atoms with Crippen molar-refractivity contribution in [1.82, 2.24) is 25.1 Å². The first-order valence-electron chi connectivity index (χ1n) is 12.0. The summed E-state index contributed by atoms with van der Waals surface area (Å²) in [6.45, 7) is 4.56. The monoisotopic (exact) mass is 500 g/mol. The Morgan fingerprint density at radius 1 is 1.17 bits per heavy atom. The van der Waals surface area contributed by atoms with Crippen molar-refractivity contribution in [2.45, 2.75) is 37.8 Å². The van der Waals surface area contributed by atoms with Gasteiger partial charge < -0.3 is 19.8 Å². The molecular formula is C25H33ClN6O3. The predicted octanol–water partition coefficient (Wildman–Crippen LogP) is 1.61. The van der Waals surface area contributed by atoms with Crippen LogP contribution < -0.4 is 10.2 Å². The zero-order chi connectivity index (χ0) is 25.1. The van der Waals surface area contributed by atoms with Crippen molar-refractivity contribution in [3.8, 4) is 0 Å². The minimum atomic E-state index is -0.547. The third-order valence-corrected chi connectivity index (χ3v) is 7.07. The second kappa shape index (κ2) is 10.9. The molecule has 4 rings (SSSR count). The molecule has 1 saturated heterocycles. The number of rotatable bonds is 7. The largest absolute Gasteiger partial charge is 0.387 e. The van der Waals surface area contributed by atoms with E-state index in [4.69, 9.17) is 11.6 Å². The molecule has 2 aromatic rings. The number of anilines is 1. The number of hydrogen-bond acceptors (Lipinski definition) is 7. The van der Waals surface area contributed by atoms with Crippen LogP contribution in [0, 0.1) is 0 Å². The number of carbonyl (C=O) groups is 2. The van der Waals surface area contributed by atoms with E-state index in [0.717, 1.165) is 22.6 Å². The maximum absolute atomic E-state index is 13.5. The van der Waals surface area contributed by atoms with E-state index in [1.165, 1.54) is 11.2 Å². The highest BCUT2D eigenvalue weighted by Gasteiger charge is 2.34. The van der Waals surface area contributed by atoms with E-state index in [1.807, 2.05) is 17.0 Å². The molecule has 2 heterocycles. The summed E-state index contributed by atoms with van der Waals surface area (Å²) in [5.41, 5.74) is 2.71. The Balaban J connectivity index is 1.44. The smallest absolute Gasteiger partial charge is 0.240 e. The van der Waals surface area contributed by atoms with Gasteiger partial charge in [0.1, 0.15) is 12.1 Å². The highest BCUT2D eigenvalue weighted by Crippen LogP contribution is 2.42. The molecule has 2 amide bonds. The fourth-order valence-electron chi connectivity index (χ4n) is 4.78. The van der Waals surface area contributed by atoms with Crippen molar-refractivity contribution >= 4 is 29.2 Å². The Hall–Kier alpha value is -2.75. The molecule has 1 aromatic heterocycles. The summed E-state index contributed by atoms with van der Waals surface area (Å²) >= 11 is 6.02. The third kappa shape index (κ3) is 5.74. The highest BCUT2D eigenvalue weighted by atomic mass is 35.5. The number of carbonyl (C=O) groups excluding carboxylic acids is 2. The molecule has 3 atom stereocenters. The Bertz CT molecular complexity index is 1060. The molecular weight excluding hydrogens is 468 g/mol. The minimum absolute atomic E-state index is 0.0251. The van der Waals surface area contributed by atoms with Gasteiger partial charge in [-0.1, -0.05) is 30.7 Å². The molecule has 188 valence electrons. The molecule has 0 radical (unpaired) electrons. The first-order chi connectivity index (χ1) is 16.7. The van der Waals surface area contributed by atoms with Crippen molar-refractivity contribution in [3.63, 3.8) is 0 Å². The lowest BCUT2D eigenvalue weighted by Gasteiger charge is -2.38. The Labute approximate surface area is 211 Å². The molecule has 2 N–H and O–H groups in total. The van der Waals surface area contributed by atoms with E-state index in [1.54, 1.807) is 26.2 Å². The average Bonchev–Trinajstić information content (AvgIpc) is 3.15. The van der Waals surface area contributed by atoms with Gasteiger partial charge in [0.05, 0.1) is 24.4 Å². The summed E-state index contributed by atoms with van der Waals surface area (Å²) in [4.78, 5) is 40.1. The first kappa shape index (κ1) is 25.3. The van der Waals surface area contributed by atoms with Gasteiger partial charge in [-0.05, 0) is 36.5 Å². The number of amides is 2. The predicted molar refractivity (Wildman–Crippen MR) is 134 cm³/mol. The van der Waals surface area contributed by atoms with Crippen LogP contribution in [0.3, 0.4) is 0 Å². The molecule has 0 bridgehead atoms. The molecule has 1 aliphatic carbocycles. The van der Waals surface area contributed by atoms with E-state index >= 15 is 0 Å². The second-order valence-corrected chi connectivity index (χ2v) is 9.95. The van der Waals surface area contributed by atoms with Gasteiger partial charge in [0.2, 0.25) is 11.8 Å². The summed E-state index contributed by atoms with van der Waals surface area (Å²) in [6, 6.07) is 6.90. The van der Waals surface area contributed by atoms with Gasteiger partial charge >= 0.3 is 0 Å². The Kier molecular flexibility index (Phi) is 7.88. The topological polar surface area (TPSA) is 102 Å². The van der Waals surface area contributed by atoms with E-state index in [9.17, 15) is 14.7 Å². The lowest BCUT2D eigenvalue weighted by atomic mass is 10.0. The number of aliphatic hydroxyl groups is 1. The molecule has 1 aliphatic heterocycles. The highest BCUT2D eigenvalue weighted by molar-refractivity contribution is 6.30. The van der Waals surface area contributed by atoms with E-state index in [-0.39, 0.29) is 24.3 Å². The van der Waals surface area contributed by atoms with E-state index < -0.39 is 12.1 Å². The molecule has 10 heteroatoms. The standard InChI is InChI=1S/C25H33ClN6O3/c1-16-12-20(33)23-22(16)24(29-15-28-23)31-8-10-32(11-9-31)25(35)19(27-14-21(34)30(2)3)13-17-4-6-18(26)7-5-17/h4-7,15-16,19-20,27,33H,8-14H2,1-3H3/t16-,19?,20-/m1/s1. The number of halogens is 1. The van der Waals surface area contributed by atoms with Gasteiger partial charge in [-0.3, -0.25) is 14.9 Å². The molecule has 0 spiro atoms. The van der Waals surface area contributed by atoms with Crippen LogP contribution in [-0.4, -0.2) is 89.5 Å². The van der Waals surface area contributed by atoms with Gasteiger partial charge in [-0.25, -0.2) is 9.97 Å². The first-order valence-corrected chi connectivity index (χ1v) is 12.4. The minimum Gasteiger partial charge on any atom is -0.387 e. The molecule has 2 aliphatic rings. The van der Waals surface area contributed by atoms with Crippen molar-refractivity contribution in [3.05, 3.63) is 52.4 Å². The number of fused-ring (bicyclic) bond motifs is 1. The normalized spacial score (nSPS) is 20.5. The van der Waals surface area contributed by atoms with Crippen molar-refractivity contribution in [2.75, 3.05) is 51.7 Å². The van der Waals surface area contributed by atoms with Crippen LogP contribution in [0.15, 0.2) is 30.6 Å². The lowest BCUT2D eigenvalue weighted by Crippen LogP contribution is -2.56. The number of aromatic nitrogens is 2. The van der Waals surface area contributed by atoms with Crippen molar-refractivity contribution in [2.24, 2.45) is 0 Å². The van der Waals surface area contributed by atoms with Gasteiger partial charge in [-0.2, -0.15) is 0 Å². The van der Waals surface area contributed by atoms with Crippen LogP contribution >= 0.6 is 11.6 Å². The number of hydrogen-bond donors (Lipinski definition) is 2. The summed E-state index contributed by atoms with van der Waals surface area (Å²) < 4.78 is 0. The van der Waals surface area contributed by atoms with Gasteiger partial charge in [0.15, 0.2) is 0 Å². The van der Waals surface area contributed by atoms with Gasteiger partial charge in [0, 0.05) is 50.9 Å². The van der Waals surface area contributed by atoms with Gasteiger partial charge in [-0.15, -0.1) is 0 Å². The van der Waals surface area contributed by atoms with Crippen LogP contribution in [0.1, 0.15) is 42.2 Å². The van der Waals surface area contributed by atoms with E-state index in [2.05, 4.69) is 27.1 Å². The number of likely N-dealkylation sites (N-methyl/N-ethyl adjacent to an activating group) is 1. The van der Waals surface area contributed by atoms with Crippen molar-refractivity contribution in [1.29, 1.82) is 0 Å². The van der Waals surface area contributed by atoms with Crippen LogP contribution in [0.2, 0.25) is 5.02 Å². The van der Waals surface area contributed by atoms with Crippen LogP contribution in [0.25, 0.3) is 0 Å². The number of nitrogens with zero attached hydrogens (tertiary/aromatic N) is 5. The van der Waals surface area contributed by atoms with Crippen molar-refractivity contribution < 1.29 is 14.7 Å². The zero-order valence-corrected chi connectivity index (χ0v) is 21.2. The second-order valence-electron chi connectivity index (χ2n) is 9.51. The maximum atomic E-state index is 13.5. The zero-order valence-electron chi connectivity index (χ0n) is 20.4. The third-order valence-electron chi connectivity index (χ3n) is 6.82. The Morgan fingerprint density at radius 2 is 1.86 bits per heavy atom. The SMILES string of the molecule is C[C@@H]1C[C@@H](O)c2ncnc(N3CCN(C(=O)C(Cc4ccc(Cl)cc4)NCC(=O)N(C)C)CC3)c21. The van der Waals surface area contributed by atoms with Crippen LogP contribution in [0.5, 0.6) is 0 Å². The number of nitrogens with one attached hydrogen (secondary N) is 1. The van der Waals surface area contributed by atoms with Gasteiger partial charge in [0.25, 0.3) is 0 Å². The van der Waals surface area contributed by atoms with Crippen LogP contribution in [0.4, 0.5) is 5.82 Å². The summed E-state index contributed by atoms with van der Waals surface area (Å²) in [7, 11) is 3.39. The average molecular weight is 501 g/mol. The number of piperazine rings is 1. The molecule has 0 saturated carbocycles. The summed E-state index contributed by atoms with van der Waals surface area (Å²) in [6.07, 6.45) is 2.09. The molecule has 9 nitrogen and oxygen atoms in total. The maximum Gasteiger partial charge on any atom is 0.240 e. The molecule has 1 unspecified atom stereocenters. The lowest BCUT2D eigenvalue weighted by molar-refractivity contribution is -0.134. The summed E-state index contributed by atoms with van der Waals surface area (Å²) in [5, 5.41) is 14.1. The fourth-order valence-corrected chi connectivity index (χ4v) is 4.91. The fraction of sp³-hybridized carbons (Fsp3) is 0.520. The molecule has 1 aromatic carbocycles. The van der Waals surface area contributed by atoms with E-state index in [0.29, 0.717) is 44.0 Å².